The first-order valence-electron chi connectivity index (χ1n) is 10.2. The first-order valence-corrected chi connectivity index (χ1v) is 12.8. The van der Waals surface area contributed by atoms with E-state index < -0.39 is 10.0 Å². The maximum atomic E-state index is 12.9. The first kappa shape index (κ1) is 23.6. The molecular formula is C20H29Cl2N3O4S. The number of halogens is 2. The third-order valence-corrected chi connectivity index (χ3v) is 7.95. The largest absolute Gasteiger partial charge is 0.505 e. The van der Waals surface area contributed by atoms with Crippen LogP contribution in [0.1, 0.15) is 25.3 Å². The van der Waals surface area contributed by atoms with Crippen molar-refractivity contribution in [2.75, 3.05) is 45.5 Å². The highest BCUT2D eigenvalue weighted by Gasteiger charge is 2.32. The number of rotatable bonds is 5. The summed E-state index contributed by atoms with van der Waals surface area (Å²) in [5.74, 6) is -0.257. The summed E-state index contributed by atoms with van der Waals surface area (Å²) >= 11 is 12.0. The van der Waals surface area contributed by atoms with E-state index in [-0.39, 0.29) is 27.6 Å². The minimum atomic E-state index is -3.11. The summed E-state index contributed by atoms with van der Waals surface area (Å²) in [5.41, 5.74) is 0.819. The molecule has 0 spiro atoms. The van der Waals surface area contributed by atoms with Crippen LogP contribution in [0.4, 0.5) is 0 Å². The summed E-state index contributed by atoms with van der Waals surface area (Å²) in [6, 6.07) is 3.67. The van der Waals surface area contributed by atoms with Crippen molar-refractivity contribution in [1.29, 1.82) is 0 Å². The molecule has 1 amide bonds. The molecular weight excluding hydrogens is 449 g/mol. The van der Waals surface area contributed by atoms with Crippen molar-refractivity contribution in [3.63, 3.8) is 0 Å². The number of hydrogen-bond acceptors (Lipinski definition) is 5. The number of aromatic hydroxyl groups is 1. The van der Waals surface area contributed by atoms with Crippen LogP contribution in [0.15, 0.2) is 12.1 Å². The van der Waals surface area contributed by atoms with E-state index in [4.69, 9.17) is 23.2 Å². The summed E-state index contributed by atoms with van der Waals surface area (Å²) in [7, 11) is -3.11. The van der Waals surface area contributed by atoms with Crippen LogP contribution in [0, 0.1) is 5.92 Å². The summed E-state index contributed by atoms with van der Waals surface area (Å²) in [6.45, 7) is 5.98. The third-order valence-electron chi connectivity index (χ3n) is 6.07. The topological polar surface area (TPSA) is 81.2 Å². The fraction of sp³-hybridized carbons (Fsp3) is 0.650. The number of amides is 1. The maximum Gasteiger partial charge on any atom is 0.225 e. The molecule has 2 heterocycles. The predicted octanol–water partition coefficient (Wildman–Crippen LogP) is 2.45. The van der Waals surface area contributed by atoms with Crippen molar-refractivity contribution in [1.82, 2.24) is 14.1 Å². The summed E-state index contributed by atoms with van der Waals surface area (Å²) in [6.07, 6.45) is 3.43. The number of piperazine rings is 1. The number of hydrogen-bond donors (Lipinski definition) is 1. The Bertz CT molecular complexity index is 857. The number of carbonyl (C=O) groups is 1. The molecule has 0 unspecified atom stereocenters. The SMILES string of the molecule is C[C@H](Cc1cc(Cl)c(O)c(Cl)c1)C(=O)N1CCN(C2CCN(S(C)(=O)=O)CC2)CC1. The maximum absolute atomic E-state index is 12.9. The minimum absolute atomic E-state index is 0.0989. The van der Waals surface area contributed by atoms with Gasteiger partial charge in [-0.2, -0.15) is 0 Å². The van der Waals surface area contributed by atoms with E-state index in [1.807, 2.05) is 11.8 Å². The van der Waals surface area contributed by atoms with Crippen LogP contribution in [0.5, 0.6) is 5.75 Å². The van der Waals surface area contributed by atoms with Crippen LogP contribution in [0.3, 0.4) is 0 Å². The lowest BCUT2D eigenvalue weighted by atomic mass is 9.99. The van der Waals surface area contributed by atoms with E-state index in [0.717, 1.165) is 31.5 Å². The molecule has 2 fully saturated rings. The Morgan fingerprint density at radius 2 is 1.63 bits per heavy atom. The molecule has 1 atom stereocenters. The van der Waals surface area contributed by atoms with Gasteiger partial charge in [-0.15, -0.1) is 0 Å². The molecule has 0 radical (unpaired) electrons. The molecule has 0 aliphatic carbocycles. The smallest absolute Gasteiger partial charge is 0.225 e. The molecule has 0 aromatic heterocycles. The number of benzene rings is 1. The highest BCUT2D eigenvalue weighted by molar-refractivity contribution is 7.88. The second-order valence-corrected chi connectivity index (χ2v) is 11.1. The number of phenolic OH excluding ortho intramolecular Hbond substituents is 1. The van der Waals surface area contributed by atoms with E-state index in [1.54, 1.807) is 16.4 Å². The van der Waals surface area contributed by atoms with Crippen LogP contribution in [0.25, 0.3) is 0 Å². The fourth-order valence-electron chi connectivity index (χ4n) is 4.33. The predicted molar refractivity (Wildman–Crippen MR) is 119 cm³/mol. The van der Waals surface area contributed by atoms with E-state index in [1.165, 1.54) is 6.26 Å². The van der Waals surface area contributed by atoms with E-state index in [2.05, 4.69) is 4.90 Å². The quantitative estimate of drug-likeness (QED) is 0.703. The van der Waals surface area contributed by atoms with Gasteiger partial charge in [0.1, 0.15) is 0 Å². The molecule has 2 saturated heterocycles. The number of nitrogens with zero attached hydrogens (tertiary/aromatic N) is 3. The van der Waals surface area contributed by atoms with Crippen molar-refractivity contribution in [3.8, 4) is 5.75 Å². The van der Waals surface area contributed by atoms with Gasteiger partial charge in [-0.25, -0.2) is 12.7 Å². The number of piperidine rings is 1. The standard InChI is InChI=1S/C20H29Cl2N3O4S/c1-14(11-15-12-17(21)19(26)18(22)13-15)20(27)24-9-7-23(8-10-24)16-3-5-25(6-4-16)30(2,28)29/h12-14,16,26H,3-11H2,1-2H3/t14-/m1/s1. The zero-order valence-electron chi connectivity index (χ0n) is 17.4. The molecule has 1 N–H and O–H groups in total. The third kappa shape index (κ3) is 5.59. The lowest BCUT2D eigenvalue weighted by molar-refractivity contribution is -0.137. The normalized spacial score (nSPS) is 21.0. The van der Waals surface area contributed by atoms with Gasteiger partial charge in [0.15, 0.2) is 5.75 Å². The lowest BCUT2D eigenvalue weighted by Gasteiger charge is -2.42. The number of carbonyl (C=O) groups excluding carboxylic acids is 1. The Hall–Kier alpha value is -1.06. The Labute approximate surface area is 188 Å². The molecule has 168 valence electrons. The zero-order valence-corrected chi connectivity index (χ0v) is 19.7. The molecule has 10 heteroatoms. The van der Waals surface area contributed by atoms with Crippen LogP contribution in [0.2, 0.25) is 10.0 Å². The van der Waals surface area contributed by atoms with Gasteiger partial charge in [-0.3, -0.25) is 9.69 Å². The van der Waals surface area contributed by atoms with E-state index in [9.17, 15) is 18.3 Å². The molecule has 0 bridgehead atoms. The summed E-state index contributed by atoms with van der Waals surface area (Å²) in [5, 5.41) is 10.1. The Morgan fingerprint density at radius 1 is 1.10 bits per heavy atom. The van der Waals surface area contributed by atoms with Crippen LogP contribution in [-0.2, 0) is 21.2 Å². The molecule has 30 heavy (non-hydrogen) atoms. The Balaban J connectivity index is 1.49. The van der Waals surface area contributed by atoms with Gasteiger partial charge >= 0.3 is 0 Å². The number of phenols is 1. The van der Waals surface area contributed by atoms with Crippen LogP contribution >= 0.6 is 23.2 Å². The molecule has 0 saturated carbocycles. The van der Waals surface area contributed by atoms with Gasteiger partial charge in [0.25, 0.3) is 0 Å². The molecule has 2 aliphatic heterocycles. The second kappa shape index (κ2) is 9.61. The highest BCUT2D eigenvalue weighted by atomic mass is 35.5. The average Bonchev–Trinajstić information content (AvgIpc) is 2.71. The van der Waals surface area contributed by atoms with Gasteiger partial charge in [0.05, 0.1) is 16.3 Å². The van der Waals surface area contributed by atoms with Gasteiger partial charge in [0, 0.05) is 51.2 Å². The lowest BCUT2D eigenvalue weighted by Crippen LogP contribution is -2.55. The van der Waals surface area contributed by atoms with Crippen molar-refractivity contribution < 1.29 is 18.3 Å². The molecule has 3 rings (SSSR count). The molecule has 2 aliphatic rings. The van der Waals surface area contributed by atoms with E-state index >= 15 is 0 Å². The fourth-order valence-corrected chi connectivity index (χ4v) is 5.74. The second-order valence-electron chi connectivity index (χ2n) is 8.27. The zero-order chi connectivity index (χ0) is 22.1. The Morgan fingerprint density at radius 3 is 2.13 bits per heavy atom. The van der Waals surface area contributed by atoms with Crippen LogP contribution < -0.4 is 0 Å². The molecule has 7 nitrogen and oxygen atoms in total. The molecule has 1 aromatic rings. The van der Waals surface area contributed by atoms with E-state index in [0.29, 0.717) is 38.6 Å². The first-order chi connectivity index (χ1) is 14.1. The highest BCUT2D eigenvalue weighted by Crippen LogP contribution is 2.33. The van der Waals surface area contributed by atoms with Gasteiger partial charge in [0.2, 0.25) is 15.9 Å². The summed E-state index contributed by atoms with van der Waals surface area (Å²) < 4.78 is 24.9. The number of sulfonamides is 1. The molecule has 1 aromatic carbocycles. The minimum Gasteiger partial charge on any atom is -0.505 e. The monoisotopic (exact) mass is 477 g/mol. The van der Waals surface area contributed by atoms with Crippen molar-refractivity contribution in [2.24, 2.45) is 5.92 Å². The van der Waals surface area contributed by atoms with Gasteiger partial charge in [-0.1, -0.05) is 30.1 Å². The average molecular weight is 478 g/mol. The van der Waals surface area contributed by atoms with Gasteiger partial charge < -0.3 is 10.0 Å². The van der Waals surface area contributed by atoms with Gasteiger partial charge in [-0.05, 0) is 37.0 Å². The Kier molecular flexibility index (Phi) is 7.56. The summed E-state index contributed by atoms with van der Waals surface area (Å²) in [4.78, 5) is 17.2. The van der Waals surface area contributed by atoms with Crippen molar-refractivity contribution >= 4 is 39.1 Å². The van der Waals surface area contributed by atoms with Crippen LogP contribution in [-0.4, -0.2) is 85.1 Å². The van der Waals surface area contributed by atoms with Crippen molar-refractivity contribution in [2.45, 2.75) is 32.2 Å². The van der Waals surface area contributed by atoms with Crippen molar-refractivity contribution in [3.05, 3.63) is 27.7 Å².